The third-order valence-electron chi connectivity index (χ3n) is 3.79. The lowest BCUT2D eigenvalue weighted by Gasteiger charge is -2.26. The van der Waals surface area contributed by atoms with Crippen molar-refractivity contribution >= 4 is 17.5 Å². The maximum Gasteiger partial charge on any atom is 0.251 e. The molecule has 1 aromatic rings. The molecular weight excluding hydrogens is 304 g/mol. The number of ether oxygens (including phenoxy) is 2. The van der Waals surface area contributed by atoms with Crippen molar-refractivity contribution in [2.24, 2.45) is 5.73 Å². The second-order valence-corrected chi connectivity index (χ2v) is 5.58. The molecule has 124 valence electrons. The van der Waals surface area contributed by atoms with Crippen molar-refractivity contribution in [2.75, 3.05) is 20.3 Å². The molecule has 0 aliphatic heterocycles. The van der Waals surface area contributed by atoms with Crippen molar-refractivity contribution in [3.05, 3.63) is 22.7 Å². The van der Waals surface area contributed by atoms with Gasteiger partial charge in [0.1, 0.15) is 0 Å². The fraction of sp³-hybridized carbons (Fsp3) is 0.562. The van der Waals surface area contributed by atoms with Gasteiger partial charge in [0.25, 0.3) is 5.91 Å². The molecule has 0 saturated heterocycles. The van der Waals surface area contributed by atoms with E-state index in [1.54, 1.807) is 12.1 Å². The van der Waals surface area contributed by atoms with Gasteiger partial charge in [0, 0.05) is 17.6 Å². The first-order valence-corrected chi connectivity index (χ1v) is 7.86. The summed E-state index contributed by atoms with van der Waals surface area (Å²) in [6.07, 6.45) is 1.58. The van der Waals surface area contributed by atoms with Gasteiger partial charge in [-0.05, 0) is 31.9 Å². The highest BCUT2D eigenvalue weighted by molar-refractivity contribution is 6.32. The highest BCUT2D eigenvalue weighted by atomic mass is 35.5. The number of hydrogen-bond donors (Lipinski definition) is 2. The van der Waals surface area contributed by atoms with E-state index in [4.69, 9.17) is 26.8 Å². The molecule has 1 aromatic carbocycles. The zero-order chi connectivity index (χ0) is 16.8. The minimum Gasteiger partial charge on any atom is -0.493 e. The fourth-order valence-corrected chi connectivity index (χ4v) is 2.26. The summed E-state index contributed by atoms with van der Waals surface area (Å²) in [6, 6.07) is 3.18. The molecule has 6 heteroatoms. The molecule has 0 unspecified atom stereocenters. The van der Waals surface area contributed by atoms with Gasteiger partial charge in [0.15, 0.2) is 11.5 Å². The van der Waals surface area contributed by atoms with E-state index in [1.165, 1.54) is 7.11 Å². The molecule has 0 heterocycles. The SMILES string of the molecule is CCOc1c(Cl)cc(C(=O)NCC(N)(CC)CC)cc1OC. The molecule has 0 aliphatic rings. The Morgan fingerprint density at radius 2 is 1.95 bits per heavy atom. The van der Waals surface area contributed by atoms with E-state index in [9.17, 15) is 4.79 Å². The molecule has 1 amide bonds. The Morgan fingerprint density at radius 1 is 1.32 bits per heavy atom. The molecule has 0 saturated carbocycles. The van der Waals surface area contributed by atoms with Crippen molar-refractivity contribution in [1.82, 2.24) is 5.32 Å². The van der Waals surface area contributed by atoms with Crippen molar-refractivity contribution in [2.45, 2.75) is 39.2 Å². The van der Waals surface area contributed by atoms with Crippen molar-refractivity contribution in [1.29, 1.82) is 0 Å². The molecule has 22 heavy (non-hydrogen) atoms. The number of rotatable bonds is 8. The number of carbonyl (C=O) groups is 1. The Balaban J connectivity index is 2.93. The predicted octanol–water partition coefficient (Wildman–Crippen LogP) is 2.99. The molecule has 0 fully saturated rings. The second kappa shape index (κ2) is 8.25. The minimum absolute atomic E-state index is 0.236. The Labute approximate surface area is 137 Å². The summed E-state index contributed by atoms with van der Waals surface area (Å²) in [5, 5.41) is 3.20. The van der Waals surface area contributed by atoms with E-state index in [2.05, 4.69) is 5.32 Å². The van der Waals surface area contributed by atoms with Crippen LogP contribution in [-0.4, -0.2) is 31.7 Å². The van der Waals surface area contributed by atoms with E-state index in [0.29, 0.717) is 35.2 Å². The summed E-state index contributed by atoms with van der Waals surface area (Å²) in [5.41, 5.74) is 6.21. The lowest BCUT2D eigenvalue weighted by molar-refractivity contribution is 0.0941. The number of methoxy groups -OCH3 is 1. The van der Waals surface area contributed by atoms with Crippen LogP contribution in [-0.2, 0) is 0 Å². The number of benzene rings is 1. The monoisotopic (exact) mass is 328 g/mol. The van der Waals surface area contributed by atoms with Gasteiger partial charge < -0.3 is 20.5 Å². The van der Waals surface area contributed by atoms with Gasteiger partial charge >= 0.3 is 0 Å². The van der Waals surface area contributed by atoms with Gasteiger partial charge in [-0.25, -0.2) is 0 Å². The van der Waals surface area contributed by atoms with Gasteiger partial charge in [-0.3, -0.25) is 4.79 Å². The summed E-state index contributed by atoms with van der Waals surface area (Å²) in [4.78, 5) is 12.3. The van der Waals surface area contributed by atoms with Crippen LogP contribution in [0.4, 0.5) is 0 Å². The lowest BCUT2D eigenvalue weighted by Crippen LogP contribution is -2.49. The third kappa shape index (κ3) is 4.52. The maximum atomic E-state index is 12.3. The van der Waals surface area contributed by atoms with Crippen molar-refractivity contribution in [3.63, 3.8) is 0 Å². The van der Waals surface area contributed by atoms with Crippen molar-refractivity contribution in [3.8, 4) is 11.5 Å². The van der Waals surface area contributed by atoms with Gasteiger partial charge in [0.05, 0.1) is 18.7 Å². The average molecular weight is 329 g/mol. The first-order valence-electron chi connectivity index (χ1n) is 7.48. The quantitative estimate of drug-likeness (QED) is 0.769. The Bertz CT molecular complexity index is 516. The van der Waals surface area contributed by atoms with Gasteiger partial charge in [-0.1, -0.05) is 25.4 Å². The number of amides is 1. The molecule has 0 aliphatic carbocycles. The Morgan fingerprint density at radius 3 is 2.45 bits per heavy atom. The molecule has 0 atom stereocenters. The van der Waals surface area contributed by atoms with E-state index >= 15 is 0 Å². The fourth-order valence-electron chi connectivity index (χ4n) is 1.99. The summed E-state index contributed by atoms with van der Waals surface area (Å²) in [7, 11) is 1.51. The normalized spacial score (nSPS) is 11.2. The summed E-state index contributed by atoms with van der Waals surface area (Å²) in [5.74, 6) is 0.642. The highest BCUT2D eigenvalue weighted by Crippen LogP contribution is 2.36. The number of nitrogens with one attached hydrogen (secondary N) is 1. The van der Waals surface area contributed by atoms with Crippen LogP contribution in [0.5, 0.6) is 11.5 Å². The Hall–Kier alpha value is -1.46. The van der Waals surface area contributed by atoms with E-state index < -0.39 is 5.54 Å². The Kier molecular flexibility index (Phi) is 6.97. The number of nitrogens with two attached hydrogens (primary N) is 1. The molecule has 0 radical (unpaired) electrons. The number of hydrogen-bond acceptors (Lipinski definition) is 4. The van der Waals surface area contributed by atoms with Gasteiger partial charge in [-0.2, -0.15) is 0 Å². The van der Waals surface area contributed by atoms with Crippen LogP contribution in [0.15, 0.2) is 12.1 Å². The lowest BCUT2D eigenvalue weighted by atomic mass is 9.94. The number of halogens is 1. The molecule has 1 rings (SSSR count). The van der Waals surface area contributed by atoms with Gasteiger partial charge in [0.2, 0.25) is 0 Å². The van der Waals surface area contributed by atoms with Crippen LogP contribution in [0.2, 0.25) is 5.02 Å². The van der Waals surface area contributed by atoms with Crippen LogP contribution in [0.25, 0.3) is 0 Å². The molecule has 0 spiro atoms. The summed E-state index contributed by atoms with van der Waals surface area (Å²) in [6.45, 7) is 6.74. The maximum absolute atomic E-state index is 12.3. The summed E-state index contributed by atoms with van der Waals surface area (Å²) >= 11 is 6.17. The van der Waals surface area contributed by atoms with E-state index in [-0.39, 0.29) is 5.91 Å². The number of carbonyl (C=O) groups excluding carboxylic acids is 1. The zero-order valence-corrected chi connectivity index (χ0v) is 14.4. The van der Waals surface area contributed by atoms with Crippen LogP contribution >= 0.6 is 11.6 Å². The topological polar surface area (TPSA) is 73.6 Å². The molecule has 5 nitrogen and oxygen atoms in total. The smallest absolute Gasteiger partial charge is 0.251 e. The van der Waals surface area contributed by atoms with Crippen LogP contribution in [0.1, 0.15) is 44.0 Å². The molecule has 0 aromatic heterocycles. The van der Waals surface area contributed by atoms with Crippen LogP contribution in [0.3, 0.4) is 0 Å². The van der Waals surface area contributed by atoms with Crippen LogP contribution in [0, 0.1) is 0 Å². The zero-order valence-electron chi connectivity index (χ0n) is 13.7. The van der Waals surface area contributed by atoms with Crippen molar-refractivity contribution < 1.29 is 14.3 Å². The standard InChI is InChI=1S/C16H25ClN2O3/c1-5-16(18,6-2)10-19-15(20)11-8-12(17)14(22-7-3)13(9-11)21-4/h8-9H,5-7,10,18H2,1-4H3,(H,19,20). The molecular formula is C16H25ClN2O3. The first kappa shape index (κ1) is 18.6. The first-order chi connectivity index (χ1) is 10.4. The predicted molar refractivity (Wildman–Crippen MR) is 89.0 cm³/mol. The summed E-state index contributed by atoms with van der Waals surface area (Å²) < 4.78 is 10.7. The van der Waals surface area contributed by atoms with E-state index in [0.717, 1.165) is 12.8 Å². The van der Waals surface area contributed by atoms with Crippen LogP contribution < -0.4 is 20.5 Å². The third-order valence-corrected chi connectivity index (χ3v) is 4.07. The minimum atomic E-state index is -0.394. The second-order valence-electron chi connectivity index (χ2n) is 5.17. The van der Waals surface area contributed by atoms with E-state index in [1.807, 2.05) is 20.8 Å². The molecule has 0 bridgehead atoms. The highest BCUT2D eigenvalue weighted by Gasteiger charge is 2.22. The average Bonchev–Trinajstić information content (AvgIpc) is 2.53. The molecule has 3 N–H and O–H groups in total. The largest absolute Gasteiger partial charge is 0.493 e. The van der Waals surface area contributed by atoms with Gasteiger partial charge in [-0.15, -0.1) is 0 Å².